The zero-order valence-electron chi connectivity index (χ0n) is 13.2. The van der Waals surface area contributed by atoms with Crippen molar-refractivity contribution in [3.63, 3.8) is 0 Å². The number of aliphatic carboxylic acids is 1. The van der Waals surface area contributed by atoms with Gasteiger partial charge < -0.3 is 10.0 Å². The molecule has 1 N–H and O–H groups in total. The lowest BCUT2D eigenvalue weighted by Gasteiger charge is -2.36. The Morgan fingerprint density at radius 3 is 2.95 bits per heavy atom. The summed E-state index contributed by atoms with van der Waals surface area (Å²) in [6.07, 6.45) is 3.36. The van der Waals surface area contributed by atoms with Gasteiger partial charge in [0.1, 0.15) is 11.6 Å². The van der Waals surface area contributed by atoms with Crippen LogP contribution in [0.2, 0.25) is 0 Å². The summed E-state index contributed by atoms with van der Waals surface area (Å²) in [5, 5.41) is 8.97. The van der Waals surface area contributed by atoms with Gasteiger partial charge in [-0.15, -0.1) is 0 Å². The Morgan fingerprint density at radius 2 is 2.29 bits per heavy atom. The van der Waals surface area contributed by atoms with Crippen molar-refractivity contribution in [3.05, 3.63) is 17.6 Å². The summed E-state index contributed by atoms with van der Waals surface area (Å²) in [6.45, 7) is 7.96. The summed E-state index contributed by atoms with van der Waals surface area (Å²) in [6, 6.07) is 2.07. The molecule has 1 aliphatic rings. The van der Waals surface area contributed by atoms with Gasteiger partial charge in [-0.3, -0.25) is 4.79 Å². The van der Waals surface area contributed by atoms with Gasteiger partial charge in [0, 0.05) is 31.3 Å². The number of nitrogens with zero attached hydrogens (tertiary/aromatic N) is 3. The number of aryl methyl sites for hydroxylation is 2. The van der Waals surface area contributed by atoms with Gasteiger partial charge in [0.05, 0.1) is 0 Å². The SMILES string of the molecule is CCc1cc(N2CCCC(C(C)CC(=O)O)C2)nc(C)n1. The molecule has 116 valence electrons. The van der Waals surface area contributed by atoms with Gasteiger partial charge in [0.15, 0.2) is 0 Å². The van der Waals surface area contributed by atoms with Crippen LogP contribution in [-0.2, 0) is 11.2 Å². The van der Waals surface area contributed by atoms with Gasteiger partial charge in [0.2, 0.25) is 0 Å². The number of rotatable bonds is 5. The molecule has 0 aliphatic carbocycles. The molecule has 0 bridgehead atoms. The van der Waals surface area contributed by atoms with Crippen LogP contribution in [0.5, 0.6) is 0 Å². The zero-order valence-corrected chi connectivity index (χ0v) is 13.2. The van der Waals surface area contributed by atoms with Crippen LogP contribution in [0.25, 0.3) is 0 Å². The fourth-order valence-corrected chi connectivity index (χ4v) is 3.08. The van der Waals surface area contributed by atoms with Crippen molar-refractivity contribution in [3.8, 4) is 0 Å². The predicted molar refractivity (Wildman–Crippen MR) is 82.5 cm³/mol. The van der Waals surface area contributed by atoms with E-state index in [0.29, 0.717) is 5.92 Å². The molecule has 5 heteroatoms. The molecule has 2 rings (SSSR count). The minimum atomic E-state index is -0.703. The van der Waals surface area contributed by atoms with Crippen molar-refractivity contribution in [1.29, 1.82) is 0 Å². The Bertz CT molecular complexity index is 504. The molecule has 0 aromatic carbocycles. The van der Waals surface area contributed by atoms with E-state index < -0.39 is 5.97 Å². The fourth-order valence-electron chi connectivity index (χ4n) is 3.08. The minimum absolute atomic E-state index is 0.207. The topological polar surface area (TPSA) is 66.3 Å². The van der Waals surface area contributed by atoms with Crippen molar-refractivity contribution in [2.45, 2.75) is 46.5 Å². The minimum Gasteiger partial charge on any atom is -0.481 e. The first kappa shape index (κ1) is 15.7. The fraction of sp³-hybridized carbons (Fsp3) is 0.688. The highest BCUT2D eigenvalue weighted by molar-refractivity contribution is 5.67. The number of aromatic nitrogens is 2. The molecular weight excluding hydrogens is 266 g/mol. The molecular formula is C16H25N3O2. The summed E-state index contributed by atoms with van der Waals surface area (Å²) in [7, 11) is 0. The van der Waals surface area contributed by atoms with E-state index in [2.05, 4.69) is 27.9 Å². The summed E-state index contributed by atoms with van der Waals surface area (Å²) in [5.41, 5.74) is 1.07. The highest BCUT2D eigenvalue weighted by Gasteiger charge is 2.26. The van der Waals surface area contributed by atoms with Gasteiger partial charge in [-0.1, -0.05) is 13.8 Å². The van der Waals surface area contributed by atoms with E-state index in [-0.39, 0.29) is 12.3 Å². The van der Waals surface area contributed by atoms with E-state index in [1.165, 1.54) is 0 Å². The van der Waals surface area contributed by atoms with Crippen LogP contribution >= 0.6 is 0 Å². The Hall–Kier alpha value is -1.65. The highest BCUT2D eigenvalue weighted by atomic mass is 16.4. The zero-order chi connectivity index (χ0) is 15.4. The molecule has 2 heterocycles. The van der Waals surface area contributed by atoms with Crippen molar-refractivity contribution >= 4 is 11.8 Å². The molecule has 21 heavy (non-hydrogen) atoms. The first-order valence-electron chi connectivity index (χ1n) is 7.81. The average Bonchev–Trinajstić information content (AvgIpc) is 2.46. The molecule has 1 fully saturated rings. The van der Waals surface area contributed by atoms with Gasteiger partial charge in [-0.05, 0) is 38.0 Å². The maximum atomic E-state index is 10.9. The number of carbonyl (C=O) groups is 1. The number of carboxylic acids is 1. The lowest BCUT2D eigenvalue weighted by Crippen LogP contribution is -2.39. The van der Waals surface area contributed by atoms with E-state index in [9.17, 15) is 4.79 Å². The normalized spacial score (nSPS) is 20.3. The molecule has 2 unspecified atom stereocenters. The monoisotopic (exact) mass is 291 g/mol. The Morgan fingerprint density at radius 1 is 1.52 bits per heavy atom. The number of carboxylic acid groups (broad SMARTS) is 1. The summed E-state index contributed by atoms with van der Waals surface area (Å²) >= 11 is 0. The Balaban J connectivity index is 2.10. The van der Waals surface area contributed by atoms with Gasteiger partial charge >= 0.3 is 5.97 Å². The van der Waals surface area contributed by atoms with Gasteiger partial charge in [-0.2, -0.15) is 0 Å². The highest BCUT2D eigenvalue weighted by Crippen LogP contribution is 2.28. The predicted octanol–water partition coefficient (Wildman–Crippen LogP) is 2.67. The average molecular weight is 291 g/mol. The first-order chi connectivity index (χ1) is 9.99. The molecule has 0 saturated carbocycles. The van der Waals surface area contributed by atoms with E-state index >= 15 is 0 Å². The molecule has 0 radical (unpaired) electrons. The molecule has 0 spiro atoms. The number of hydrogen-bond acceptors (Lipinski definition) is 4. The molecule has 0 amide bonds. The smallest absolute Gasteiger partial charge is 0.303 e. The number of anilines is 1. The van der Waals surface area contributed by atoms with E-state index in [1.807, 2.05) is 13.8 Å². The van der Waals surface area contributed by atoms with Crippen molar-refractivity contribution in [2.24, 2.45) is 11.8 Å². The Labute approximate surface area is 126 Å². The third-order valence-corrected chi connectivity index (χ3v) is 4.32. The first-order valence-corrected chi connectivity index (χ1v) is 7.81. The maximum absolute atomic E-state index is 10.9. The van der Waals surface area contributed by atoms with Crippen LogP contribution in [0.1, 0.15) is 44.6 Å². The number of piperidine rings is 1. The lowest BCUT2D eigenvalue weighted by atomic mass is 9.84. The van der Waals surface area contributed by atoms with Crippen LogP contribution in [0.15, 0.2) is 6.07 Å². The van der Waals surface area contributed by atoms with Crippen molar-refractivity contribution < 1.29 is 9.90 Å². The second-order valence-corrected chi connectivity index (χ2v) is 6.04. The summed E-state index contributed by atoms with van der Waals surface area (Å²) in [4.78, 5) is 22.2. The summed E-state index contributed by atoms with van der Waals surface area (Å²) < 4.78 is 0. The molecule has 1 aromatic heterocycles. The second-order valence-electron chi connectivity index (χ2n) is 6.04. The van der Waals surface area contributed by atoms with E-state index in [0.717, 1.165) is 49.7 Å². The lowest BCUT2D eigenvalue weighted by molar-refractivity contribution is -0.138. The van der Waals surface area contributed by atoms with E-state index in [1.54, 1.807) is 0 Å². The molecule has 2 atom stereocenters. The number of hydrogen-bond donors (Lipinski definition) is 1. The second kappa shape index (κ2) is 6.87. The quantitative estimate of drug-likeness (QED) is 0.903. The van der Waals surface area contributed by atoms with Crippen LogP contribution < -0.4 is 4.90 Å². The third kappa shape index (κ3) is 4.16. The standard InChI is InChI=1S/C16H25N3O2/c1-4-14-9-15(18-12(3)17-14)19-7-5-6-13(10-19)11(2)8-16(20)21/h9,11,13H,4-8,10H2,1-3H3,(H,20,21). The molecule has 1 aliphatic heterocycles. The third-order valence-electron chi connectivity index (χ3n) is 4.32. The van der Waals surface area contributed by atoms with E-state index in [4.69, 9.17) is 5.11 Å². The van der Waals surface area contributed by atoms with Crippen LogP contribution in [0, 0.1) is 18.8 Å². The van der Waals surface area contributed by atoms with Gasteiger partial charge in [0.25, 0.3) is 0 Å². The molecule has 1 aromatic rings. The largest absolute Gasteiger partial charge is 0.481 e. The maximum Gasteiger partial charge on any atom is 0.303 e. The van der Waals surface area contributed by atoms with Gasteiger partial charge in [-0.25, -0.2) is 9.97 Å². The van der Waals surface area contributed by atoms with Crippen molar-refractivity contribution in [1.82, 2.24) is 9.97 Å². The molecule has 5 nitrogen and oxygen atoms in total. The van der Waals surface area contributed by atoms with Crippen LogP contribution in [0.3, 0.4) is 0 Å². The Kier molecular flexibility index (Phi) is 5.15. The van der Waals surface area contributed by atoms with Crippen molar-refractivity contribution in [2.75, 3.05) is 18.0 Å². The molecule has 1 saturated heterocycles. The van der Waals surface area contributed by atoms with Crippen LogP contribution in [-0.4, -0.2) is 34.1 Å². The summed E-state index contributed by atoms with van der Waals surface area (Å²) in [5.74, 6) is 1.73. The van der Waals surface area contributed by atoms with Crippen LogP contribution in [0.4, 0.5) is 5.82 Å².